The largest absolute Gasteiger partial charge is 0.466 e. The van der Waals surface area contributed by atoms with Crippen molar-refractivity contribution in [3.05, 3.63) is 77.9 Å². The van der Waals surface area contributed by atoms with Crippen molar-refractivity contribution in [2.24, 2.45) is 7.05 Å². The summed E-state index contributed by atoms with van der Waals surface area (Å²) in [5, 5.41) is 0.945. The summed E-state index contributed by atoms with van der Waals surface area (Å²) in [6.07, 6.45) is 3.70. The van der Waals surface area contributed by atoms with Crippen molar-refractivity contribution in [1.82, 2.24) is 19.5 Å². The van der Waals surface area contributed by atoms with E-state index in [1.807, 2.05) is 66.3 Å². The van der Waals surface area contributed by atoms with E-state index < -0.39 is 15.6 Å². The number of thioether (sulfide) groups is 1. The molecule has 0 bridgehead atoms. The van der Waals surface area contributed by atoms with E-state index in [0.717, 1.165) is 22.0 Å². The van der Waals surface area contributed by atoms with Crippen LogP contribution in [0.5, 0.6) is 0 Å². The highest BCUT2D eigenvalue weighted by atomic mass is 32.2. The maximum absolute atomic E-state index is 12.6. The molecule has 0 spiro atoms. The summed E-state index contributed by atoms with van der Waals surface area (Å²) in [6.45, 7) is 0. The molecule has 188 valence electrons. The quantitative estimate of drug-likeness (QED) is 0.109. The van der Waals surface area contributed by atoms with Crippen LogP contribution in [0.2, 0.25) is 0 Å². The molecule has 16 heteroatoms. The molecule has 0 unspecified atom stereocenters. The molecular weight excluding hydrogens is 522 g/mol. The van der Waals surface area contributed by atoms with Crippen molar-refractivity contribution in [2.45, 2.75) is 10.9 Å². The third-order valence-electron chi connectivity index (χ3n) is 3.94. The predicted molar refractivity (Wildman–Crippen MR) is 127 cm³/mol. The Labute approximate surface area is 203 Å². The molecule has 13 nitrogen and oxygen atoms in total. The number of H-pyrrole nitrogens is 1. The monoisotopic (exact) mass is 544 g/mol. The Morgan fingerprint density at radius 2 is 1.57 bits per heavy atom. The molecule has 0 saturated carbocycles. The highest BCUT2D eigenvalue weighted by molar-refractivity contribution is 7.98. The number of hydrogen-bond donors (Lipinski definition) is 7. The lowest BCUT2D eigenvalue weighted by molar-refractivity contribution is 0.103. The number of aromatic amines is 1. The van der Waals surface area contributed by atoms with E-state index in [2.05, 4.69) is 15.0 Å². The molecule has 4 aromatic rings. The highest BCUT2D eigenvalue weighted by Crippen LogP contribution is 2.26. The number of imidazole rings is 2. The molecule has 2 aromatic carbocycles. The fraction of sp³-hybridized carbons (Fsp3) is 0.105. The Morgan fingerprint density at radius 3 is 2.11 bits per heavy atom. The van der Waals surface area contributed by atoms with Gasteiger partial charge >= 0.3 is 15.6 Å². The van der Waals surface area contributed by atoms with Crippen LogP contribution in [0, 0.1) is 0 Å². The molecule has 4 rings (SSSR count). The average molecular weight is 544 g/mol. The summed E-state index contributed by atoms with van der Waals surface area (Å²) >= 11 is 1.62. The number of aromatic nitrogens is 4. The molecular formula is C19H22N4O9P2S. The first-order valence-electron chi connectivity index (χ1n) is 9.46. The van der Waals surface area contributed by atoms with E-state index in [1.54, 1.807) is 18.0 Å². The number of carbonyl (C=O) groups is 1. The highest BCUT2D eigenvalue weighted by Gasteiger charge is 2.11. The zero-order valence-electron chi connectivity index (χ0n) is 18.0. The Kier molecular flexibility index (Phi) is 10.1. The molecule has 0 radical (unpaired) electrons. The first-order valence-corrected chi connectivity index (χ1v) is 13.6. The number of nitrogens with one attached hydrogen (secondary N) is 1. The molecule has 2 heterocycles. The number of aryl methyl sites for hydroxylation is 1. The molecule has 35 heavy (non-hydrogen) atoms. The zero-order chi connectivity index (χ0) is 26.2. The van der Waals surface area contributed by atoms with Crippen molar-refractivity contribution in [1.29, 1.82) is 0 Å². The lowest BCUT2D eigenvalue weighted by atomic mass is 10.0. The maximum Gasteiger partial charge on any atom is 0.466 e. The molecule has 0 fully saturated rings. The van der Waals surface area contributed by atoms with Crippen molar-refractivity contribution in [3.8, 4) is 0 Å². The van der Waals surface area contributed by atoms with Crippen LogP contribution in [0.15, 0.2) is 66.1 Å². The van der Waals surface area contributed by atoms with Gasteiger partial charge in [0.2, 0.25) is 0 Å². The van der Waals surface area contributed by atoms with Crippen LogP contribution in [0.3, 0.4) is 0 Å². The van der Waals surface area contributed by atoms with Crippen LogP contribution >= 0.6 is 27.4 Å². The van der Waals surface area contributed by atoms with E-state index in [1.165, 1.54) is 0 Å². The van der Waals surface area contributed by atoms with Gasteiger partial charge in [-0.2, -0.15) is 0 Å². The molecule has 7 N–H and O–H groups in total. The van der Waals surface area contributed by atoms with Gasteiger partial charge in [-0.05, 0) is 18.2 Å². The molecule has 0 amide bonds. The third-order valence-corrected chi connectivity index (χ3v) is 5.01. The maximum atomic E-state index is 12.6. The van der Waals surface area contributed by atoms with E-state index in [-0.39, 0.29) is 5.78 Å². The van der Waals surface area contributed by atoms with E-state index in [4.69, 9.17) is 38.5 Å². The van der Waals surface area contributed by atoms with Crippen molar-refractivity contribution < 1.29 is 43.3 Å². The van der Waals surface area contributed by atoms with E-state index in [9.17, 15) is 4.79 Å². The van der Waals surface area contributed by atoms with Gasteiger partial charge in [-0.15, -0.1) is 0 Å². The first kappa shape index (κ1) is 28.6. The molecule has 2 aromatic heterocycles. The van der Waals surface area contributed by atoms with Crippen LogP contribution in [0.1, 0.15) is 21.7 Å². The SMILES string of the molecule is Cn1ccnc1SCc1nc2ccc(C(=O)c3ccccc3)cc2[nH]1.O=P(O)(O)O.O=P(O)(O)O. The molecule has 0 aliphatic rings. The number of rotatable bonds is 5. The second-order valence-electron chi connectivity index (χ2n) is 6.75. The number of carbonyl (C=O) groups excluding carboxylic acids is 1. The normalized spacial score (nSPS) is 11.3. The fourth-order valence-electron chi connectivity index (χ4n) is 2.65. The number of ketones is 1. The van der Waals surface area contributed by atoms with E-state index >= 15 is 0 Å². The standard InChI is InChI=1S/C19H16N4OS.2H3O4P/c1-23-10-9-20-19(23)25-12-17-21-15-8-7-14(11-16(15)22-17)18(24)13-5-3-2-4-6-13;2*1-5(2,3)4/h2-11H,12H2,1H3,(H,21,22);2*(H3,1,2,3,4). The van der Waals surface area contributed by atoms with Gasteiger partial charge in [-0.25, -0.2) is 19.1 Å². The summed E-state index contributed by atoms with van der Waals surface area (Å²) in [4.78, 5) is 67.9. The predicted octanol–water partition coefficient (Wildman–Crippen LogP) is 1.96. The van der Waals surface area contributed by atoms with E-state index in [0.29, 0.717) is 16.9 Å². The summed E-state index contributed by atoms with van der Waals surface area (Å²) in [5.74, 6) is 1.58. The average Bonchev–Trinajstić information content (AvgIpc) is 3.34. The van der Waals surface area contributed by atoms with Crippen LogP contribution in [0.25, 0.3) is 11.0 Å². The first-order chi connectivity index (χ1) is 16.2. The minimum atomic E-state index is -4.64. The summed E-state index contributed by atoms with van der Waals surface area (Å²) < 4.78 is 19.7. The Morgan fingerprint density at radius 1 is 0.971 bits per heavy atom. The summed E-state index contributed by atoms with van der Waals surface area (Å²) in [7, 11) is -7.31. The Hall–Kier alpha value is -2.64. The number of hydrogen-bond acceptors (Lipinski definition) is 6. The van der Waals surface area contributed by atoms with Crippen LogP contribution in [0.4, 0.5) is 0 Å². The van der Waals surface area contributed by atoms with Crippen LogP contribution < -0.4 is 0 Å². The van der Waals surface area contributed by atoms with Gasteiger partial charge in [-0.3, -0.25) is 4.79 Å². The second kappa shape index (κ2) is 12.4. The van der Waals surface area contributed by atoms with Gasteiger partial charge in [0.25, 0.3) is 0 Å². The molecule has 0 atom stereocenters. The number of fused-ring (bicyclic) bond motifs is 1. The zero-order valence-corrected chi connectivity index (χ0v) is 20.6. The van der Waals surface area contributed by atoms with Gasteiger partial charge in [-0.1, -0.05) is 42.1 Å². The second-order valence-corrected chi connectivity index (χ2v) is 9.74. The third kappa shape index (κ3) is 11.1. The minimum absolute atomic E-state index is 0.0148. The summed E-state index contributed by atoms with van der Waals surface area (Å²) in [6, 6.07) is 14.9. The van der Waals surface area contributed by atoms with Gasteiger partial charge in [0.1, 0.15) is 5.82 Å². The van der Waals surface area contributed by atoms with Crippen molar-refractivity contribution in [3.63, 3.8) is 0 Å². The minimum Gasteiger partial charge on any atom is -0.341 e. The number of phosphoric acid groups is 2. The smallest absolute Gasteiger partial charge is 0.341 e. The van der Waals surface area contributed by atoms with Gasteiger partial charge in [0.05, 0.1) is 16.8 Å². The fourth-order valence-corrected chi connectivity index (χ4v) is 3.45. The van der Waals surface area contributed by atoms with Gasteiger partial charge in [0.15, 0.2) is 10.9 Å². The Bertz CT molecular complexity index is 1330. The van der Waals surface area contributed by atoms with Gasteiger partial charge < -0.3 is 38.9 Å². The Balaban J connectivity index is 0.000000368. The number of benzene rings is 2. The molecule has 0 aliphatic heterocycles. The molecule has 0 saturated heterocycles. The lowest BCUT2D eigenvalue weighted by Crippen LogP contribution is -2.00. The topological polar surface area (TPSA) is 219 Å². The van der Waals surface area contributed by atoms with Crippen molar-refractivity contribution in [2.75, 3.05) is 0 Å². The number of nitrogens with zero attached hydrogens (tertiary/aromatic N) is 3. The van der Waals surface area contributed by atoms with Crippen LogP contribution in [-0.4, -0.2) is 54.7 Å². The van der Waals surface area contributed by atoms with Crippen LogP contribution in [-0.2, 0) is 21.9 Å². The lowest BCUT2D eigenvalue weighted by Gasteiger charge is -2.00. The van der Waals surface area contributed by atoms with Crippen molar-refractivity contribution >= 4 is 44.2 Å². The summed E-state index contributed by atoms with van der Waals surface area (Å²) in [5.41, 5.74) is 3.08. The van der Waals surface area contributed by atoms with Gasteiger partial charge in [0, 0.05) is 30.6 Å². The molecule has 0 aliphatic carbocycles.